The second kappa shape index (κ2) is 6.48. The maximum absolute atomic E-state index is 14.1. The largest absolute Gasteiger partial charge is 0.507 e. The second-order valence-electron chi connectivity index (χ2n) is 5.56. The zero-order valence-electron chi connectivity index (χ0n) is 13.5. The number of phenols is 1. The van der Waals surface area contributed by atoms with Crippen LogP contribution >= 0.6 is 0 Å². The van der Waals surface area contributed by atoms with Gasteiger partial charge in [-0.1, -0.05) is 11.2 Å². The molecule has 0 atom stereocenters. The highest BCUT2D eigenvalue weighted by Gasteiger charge is 2.19. The molecule has 0 unspecified atom stereocenters. The molecular weight excluding hydrogens is 360 g/mol. The van der Waals surface area contributed by atoms with Crippen LogP contribution in [0, 0.1) is 11.6 Å². The Hall–Kier alpha value is -3.82. The van der Waals surface area contributed by atoms with Gasteiger partial charge in [-0.15, -0.1) is 0 Å². The summed E-state index contributed by atoms with van der Waals surface area (Å²) in [6.45, 7) is -0.117. The van der Waals surface area contributed by atoms with Crippen LogP contribution in [0.25, 0.3) is 22.9 Å². The van der Waals surface area contributed by atoms with Gasteiger partial charge in [0, 0.05) is 6.07 Å². The molecule has 0 radical (unpaired) electrons. The summed E-state index contributed by atoms with van der Waals surface area (Å²) < 4.78 is 33.5. The van der Waals surface area contributed by atoms with Crippen molar-refractivity contribution in [1.29, 1.82) is 0 Å². The Morgan fingerprint density at radius 2 is 1.93 bits per heavy atom. The maximum atomic E-state index is 14.1. The van der Waals surface area contributed by atoms with Gasteiger partial charge in [0.2, 0.25) is 5.82 Å². The zero-order valence-corrected chi connectivity index (χ0v) is 13.5. The Balaban J connectivity index is 1.82. The second-order valence-corrected chi connectivity index (χ2v) is 5.56. The molecule has 3 heterocycles. The van der Waals surface area contributed by atoms with E-state index in [0.29, 0.717) is 11.4 Å². The van der Waals surface area contributed by atoms with Gasteiger partial charge >= 0.3 is 0 Å². The highest BCUT2D eigenvalue weighted by atomic mass is 19.1. The summed E-state index contributed by atoms with van der Waals surface area (Å²) in [5.41, 5.74) is 1.05. The van der Waals surface area contributed by atoms with Crippen molar-refractivity contribution in [2.24, 2.45) is 0 Å². The smallest absolute Gasteiger partial charge is 0.251 e. The quantitative estimate of drug-likeness (QED) is 0.567. The van der Waals surface area contributed by atoms with Gasteiger partial charge in [0.1, 0.15) is 29.2 Å². The van der Waals surface area contributed by atoms with Crippen molar-refractivity contribution < 1.29 is 23.5 Å². The van der Waals surface area contributed by atoms with E-state index in [4.69, 9.17) is 4.52 Å². The summed E-state index contributed by atoms with van der Waals surface area (Å²) in [6, 6.07) is 7.07. The number of aromatic hydroxyl groups is 2. The molecule has 4 aromatic rings. The van der Waals surface area contributed by atoms with E-state index in [9.17, 15) is 19.0 Å². The van der Waals surface area contributed by atoms with Crippen molar-refractivity contribution in [2.75, 3.05) is 0 Å². The Labute approximate surface area is 150 Å². The van der Waals surface area contributed by atoms with Gasteiger partial charge in [0.15, 0.2) is 5.82 Å². The monoisotopic (exact) mass is 371 g/mol. The van der Waals surface area contributed by atoms with Gasteiger partial charge in [0.25, 0.3) is 5.88 Å². The van der Waals surface area contributed by atoms with Gasteiger partial charge < -0.3 is 14.7 Å². The number of hydrogen-bond donors (Lipinski definition) is 2. The Kier molecular flexibility index (Phi) is 3.99. The lowest BCUT2D eigenvalue weighted by Gasteiger charge is -2.08. The van der Waals surface area contributed by atoms with E-state index in [1.54, 1.807) is 6.07 Å². The molecule has 27 heavy (non-hydrogen) atoms. The number of halogens is 2. The fourth-order valence-corrected chi connectivity index (χ4v) is 2.53. The van der Waals surface area contributed by atoms with Crippen LogP contribution in [0.5, 0.6) is 11.6 Å². The van der Waals surface area contributed by atoms with Crippen molar-refractivity contribution in [3.8, 4) is 34.5 Å². The Morgan fingerprint density at radius 3 is 2.63 bits per heavy atom. The number of aromatic nitrogens is 5. The fraction of sp³-hybridized carbons (Fsp3) is 0.0588. The highest BCUT2D eigenvalue weighted by molar-refractivity contribution is 5.62. The molecule has 10 heteroatoms. The van der Waals surface area contributed by atoms with E-state index >= 15 is 0 Å². The van der Waals surface area contributed by atoms with Crippen LogP contribution in [0.15, 0.2) is 47.3 Å². The van der Waals surface area contributed by atoms with Gasteiger partial charge in [-0.05, 0) is 18.2 Å². The molecule has 0 aliphatic carbocycles. The van der Waals surface area contributed by atoms with E-state index in [2.05, 4.69) is 20.2 Å². The number of rotatable bonds is 4. The van der Waals surface area contributed by atoms with E-state index in [1.165, 1.54) is 35.2 Å². The van der Waals surface area contributed by atoms with Crippen molar-refractivity contribution in [3.05, 3.63) is 60.0 Å². The minimum absolute atomic E-state index is 0.0276. The molecule has 0 saturated heterocycles. The normalized spacial score (nSPS) is 11.0. The first kappa shape index (κ1) is 16.6. The van der Waals surface area contributed by atoms with Crippen molar-refractivity contribution in [2.45, 2.75) is 6.54 Å². The molecule has 3 aromatic heterocycles. The molecule has 4 rings (SSSR count). The molecule has 0 aliphatic heterocycles. The summed E-state index contributed by atoms with van der Waals surface area (Å²) in [5.74, 6) is -2.65. The van der Waals surface area contributed by atoms with Crippen molar-refractivity contribution >= 4 is 0 Å². The predicted octanol–water partition coefficient (Wildman–Crippen LogP) is 2.73. The third-order valence-electron chi connectivity index (χ3n) is 3.84. The number of benzene rings is 1. The summed E-state index contributed by atoms with van der Waals surface area (Å²) in [6.07, 6.45) is 2.17. The molecular formula is C17H11F2N5O3. The predicted molar refractivity (Wildman–Crippen MR) is 87.5 cm³/mol. The molecule has 8 nitrogen and oxygen atoms in total. The first-order valence-corrected chi connectivity index (χ1v) is 7.70. The lowest BCUT2D eigenvalue weighted by molar-refractivity contribution is 0.409. The summed E-state index contributed by atoms with van der Waals surface area (Å²) in [7, 11) is 0. The maximum Gasteiger partial charge on any atom is 0.251 e. The average molecular weight is 371 g/mol. The van der Waals surface area contributed by atoms with Crippen LogP contribution in [-0.2, 0) is 6.54 Å². The van der Waals surface area contributed by atoms with Gasteiger partial charge in [-0.3, -0.25) is 4.68 Å². The van der Waals surface area contributed by atoms with Crippen molar-refractivity contribution in [1.82, 2.24) is 24.9 Å². The van der Waals surface area contributed by atoms with Crippen molar-refractivity contribution in [3.63, 3.8) is 0 Å². The lowest BCUT2D eigenvalue weighted by atomic mass is 10.2. The molecule has 0 amide bonds. The van der Waals surface area contributed by atoms with E-state index in [0.717, 1.165) is 6.20 Å². The minimum Gasteiger partial charge on any atom is -0.507 e. The average Bonchev–Trinajstić information content (AvgIpc) is 3.30. The van der Waals surface area contributed by atoms with Crippen LogP contribution < -0.4 is 0 Å². The molecule has 0 aliphatic rings. The van der Waals surface area contributed by atoms with Crippen LogP contribution in [0.4, 0.5) is 8.78 Å². The van der Waals surface area contributed by atoms with Gasteiger partial charge in [0.05, 0.1) is 24.0 Å². The van der Waals surface area contributed by atoms with Crippen LogP contribution in [-0.4, -0.2) is 35.1 Å². The molecule has 0 spiro atoms. The van der Waals surface area contributed by atoms with Crippen LogP contribution in [0.3, 0.4) is 0 Å². The third kappa shape index (κ3) is 3.08. The summed E-state index contributed by atoms with van der Waals surface area (Å²) >= 11 is 0. The molecule has 0 saturated carbocycles. The molecule has 0 fully saturated rings. The van der Waals surface area contributed by atoms with Gasteiger partial charge in [-0.2, -0.15) is 14.5 Å². The van der Waals surface area contributed by atoms with E-state index in [1.807, 2.05) is 0 Å². The van der Waals surface area contributed by atoms with Gasteiger partial charge in [-0.25, -0.2) is 9.37 Å². The molecule has 0 bridgehead atoms. The first-order valence-electron chi connectivity index (χ1n) is 7.70. The fourth-order valence-electron chi connectivity index (χ4n) is 2.53. The van der Waals surface area contributed by atoms with E-state index < -0.39 is 17.5 Å². The SMILES string of the molecule is Oc1cccc(F)c1Cn1nc(-c2ncc(F)c(O)n2)cc1-c1ccon1. The Morgan fingerprint density at radius 1 is 1.07 bits per heavy atom. The number of nitrogens with zero attached hydrogens (tertiary/aromatic N) is 5. The highest BCUT2D eigenvalue weighted by Crippen LogP contribution is 2.28. The lowest BCUT2D eigenvalue weighted by Crippen LogP contribution is -2.06. The number of hydrogen-bond acceptors (Lipinski definition) is 7. The molecule has 2 N–H and O–H groups in total. The molecule has 136 valence electrons. The summed E-state index contributed by atoms with van der Waals surface area (Å²) in [4.78, 5) is 7.45. The van der Waals surface area contributed by atoms with E-state index in [-0.39, 0.29) is 29.4 Å². The first-order chi connectivity index (χ1) is 13.0. The molecule has 1 aromatic carbocycles. The number of phenolic OH excluding ortho intramolecular Hbond substituents is 1. The van der Waals surface area contributed by atoms with Crippen LogP contribution in [0.2, 0.25) is 0 Å². The third-order valence-corrected chi connectivity index (χ3v) is 3.84. The zero-order chi connectivity index (χ0) is 19.0. The Bertz CT molecular complexity index is 1090. The minimum atomic E-state index is -0.966. The standard InChI is InChI=1S/C17H11F2N5O3/c18-10-2-1-3-15(25)9(10)8-24-14(12-4-5-27-23-12)6-13(22-24)16-20-7-11(19)17(26)21-16/h1-7,25H,8H2,(H,20,21,26). The van der Waals surface area contributed by atoms with Crippen LogP contribution in [0.1, 0.15) is 5.56 Å². The topological polar surface area (TPSA) is 110 Å². The summed E-state index contributed by atoms with van der Waals surface area (Å²) in [5, 5.41) is 27.5.